The van der Waals surface area contributed by atoms with Crippen molar-refractivity contribution in [2.24, 2.45) is 0 Å². The van der Waals surface area contributed by atoms with Crippen molar-refractivity contribution in [3.63, 3.8) is 0 Å². The van der Waals surface area contributed by atoms with Crippen molar-refractivity contribution in [1.29, 1.82) is 0 Å². The molecule has 0 aliphatic rings. The van der Waals surface area contributed by atoms with Crippen LogP contribution < -0.4 is 16.0 Å². The molecule has 2 heterocycles. The van der Waals surface area contributed by atoms with Gasteiger partial charge in [-0.2, -0.15) is 5.10 Å². The highest BCUT2D eigenvalue weighted by Crippen LogP contribution is 2.26. The average molecular weight is 470 g/mol. The Bertz CT molecular complexity index is 1480. The van der Waals surface area contributed by atoms with E-state index in [0.717, 1.165) is 5.69 Å². The van der Waals surface area contributed by atoms with Gasteiger partial charge in [-0.05, 0) is 66.7 Å². The SMILES string of the molecule is O=C(CNC(=O)Nc1ccc2nc(-c3ccc(F)cc3)oc2c1)Nc1ccc(-n2cccn2)cc1. The summed E-state index contributed by atoms with van der Waals surface area (Å²) >= 11 is 0. The van der Waals surface area contributed by atoms with Gasteiger partial charge in [-0.25, -0.2) is 18.9 Å². The Morgan fingerprint density at radius 3 is 2.46 bits per heavy atom. The first kappa shape index (κ1) is 21.8. The van der Waals surface area contributed by atoms with Crippen LogP contribution in [0.1, 0.15) is 0 Å². The lowest BCUT2D eigenvalue weighted by molar-refractivity contribution is -0.115. The third-order valence-corrected chi connectivity index (χ3v) is 5.07. The number of urea groups is 1. The van der Waals surface area contributed by atoms with E-state index in [1.807, 2.05) is 24.4 Å². The van der Waals surface area contributed by atoms with Crippen molar-refractivity contribution >= 4 is 34.4 Å². The Balaban J connectivity index is 1.15. The largest absolute Gasteiger partial charge is 0.436 e. The second-order valence-electron chi connectivity index (χ2n) is 7.56. The van der Waals surface area contributed by atoms with Gasteiger partial charge in [0.15, 0.2) is 5.58 Å². The lowest BCUT2D eigenvalue weighted by Gasteiger charge is -2.09. The molecule has 0 unspecified atom stereocenters. The van der Waals surface area contributed by atoms with E-state index >= 15 is 0 Å². The molecule has 3 N–H and O–H groups in total. The van der Waals surface area contributed by atoms with Crippen LogP contribution in [0.4, 0.5) is 20.6 Å². The number of anilines is 2. The highest BCUT2D eigenvalue weighted by molar-refractivity contribution is 5.97. The molecule has 5 rings (SSSR count). The second-order valence-corrected chi connectivity index (χ2v) is 7.56. The number of fused-ring (bicyclic) bond motifs is 1. The maximum absolute atomic E-state index is 13.1. The standard InChI is InChI=1S/C25H19FN6O3/c26-17-4-2-16(3-5-17)24-31-21-11-8-19(14-22(21)35-24)30-25(34)27-15-23(33)29-18-6-9-20(10-7-18)32-13-1-12-28-32/h1-14H,15H2,(H,29,33)(H2,27,30,34). The predicted molar refractivity (Wildman–Crippen MR) is 129 cm³/mol. The van der Waals surface area contributed by atoms with Crippen LogP contribution >= 0.6 is 0 Å². The third-order valence-electron chi connectivity index (χ3n) is 5.07. The van der Waals surface area contributed by atoms with E-state index < -0.39 is 6.03 Å². The predicted octanol–water partition coefficient (Wildman–Crippen LogP) is 4.58. The van der Waals surface area contributed by atoms with Crippen LogP contribution in [0.25, 0.3) is 28.2 Å². The molecule has 0 spiro atoms. The first-order valence-corrected chi connectivity index (χ1v) is 10.6. The van der Waals surface area contributed by atoms with Gasteiger partial charge < -0.3 is 20.4 Å². The summed E-state index contributed by atoms with van der Waals surface area (Å²) in [6.07, 6.45) is 3.50. The number of carbonyl (C=O) groups is 2. The van der Waals surface area contributed by atoms with Crippen molar-refractivity contribution in [3.8, 4) is 17.1 Å². The van der Waals surface area contributed by atoms with Gasteiger partial charge in [0.2, 0.25) is 11.8 Å². The van der Waals surface area contributed by atoms with E-state index in [0.29, 0.717) is 33.9 Å². The fourth-order valence-electron chi connectivity index (χ4n) is 3.38. The van der Waals surface area contributed by atoms with E-state index in [1.54, 1.807) is 53.3 Å². The number of nitrogens with zero attached hydrogens (tertiary/aromatic N) is 3. The maximum Gasteiger partial charge on any atom is 0.319 e. The second kappa shape index (κ2) is 9.48. The van der Waals surface area contributed by atoms with Crippen molar-refractivity contribution in [2.75, 3.05) is 17.2 Å². The summed E-state index contributed by atoms with van der Waals surface area (Å²) in [5.41, 5.74) is 3.61. The van der Waals surface area contributed by atoms with Gasteiger partial charge in [0.25, 0.3) is 0 Å². The highest BCUT2D eigenvalue weighted by Gasteiger charge is 2.11. The molecule has 3 amide bonds. The number of amides is 3. The smallest absolute Gasteiger partial charge is 0.319 e. The van der Waals surface area contributed by atoms with E-state index in [1.165, 1.54) is 12.1 Å². The van der Waals surface area contributed by atoms with E-state index in [9.17, 15) is 14.0 Å². The Labute approximate surface area is 198 Å². The molecular formula is C25H19FN6O3. The Hall–Kier alpha value is -4.99. The van der Waals surface area contributed by atoms with Crippen LogP contribution in [0.5, 0.6) is 0 Å². The Kier molecular flexibility index (Phi) is 5.91. The van der Waals surface area contributed by atoms with Gasteiger partial charge in [0, 0.05) is 35.4 Å². The van der Waals surface area contributed by atoms with Gasteiger partial charge in [0.05, 0.1) is 12.2 Å². The van der Waals surface area contributed by atoms with Crippen molar-refractivity contribution in [1.82, 2.24) is 20.1 Å². The zero-order chi connectivity index (χ0) is 24.2. The monoisotopic (exact) mass is 470 g/mol. The number of carbonyl (C=O) groups excluding carboxylic acids is 2. The molecule has 0 saturated heterocycles. The van der Waals surface area contributed by atoms with Crippen molar-refractivity contribution in [2.45, 2.75) is 0 Å². The number of aromatic nitrogens is 3. The van der Waals surface area contributed by atoms with Gasteiger partial charge in [-0.1, -0.05) is 0 Å². The molecule has 0 saturated carbocycles. The highest BCUT2D eigenvalue weighted by atomic mass is 19.1. The van der Waals surface area contributed by atoms with E-state index in [4.69, 9.17) is 4.42 Å². The minimum absolute atomic E-state index is 0.216. The number of oxazole rings is 1. The number of halogens is 1. The summed E-state index contributed by atoms with van der Waals surface area (Å²) in [5.74, 6) is -0.378. The number of nitrogens with one attached hydrogen (secondary N) is 3. The topological polar surface area (TPSA) is 114 Å². The molecule has 0 bridgehead atoms. The van der Waals surface area contributed by atoms with Crippen molar-refractivity contribution < 1.29 is 18.4 Å². The lowest BCUT2D eigenvalue weighted by Crippen LogP contribution is -2.35. The number of hydrogen-bond donors (Lipinski definition) is 3. The zero-order valence-electron chi connectivity index (χ0n) is 18.2. The molecule has 0 aliphatic carbocycles. The summed E-state index contributed by atoms with van der Waals surface area (Å²) in [6, 6.07) is 19.2. The fraction of sp³-hybridized carbons (Fsp3) is 0.0400. The van der Waals surface area contributed by atoms with Gasteiger partial charge >= 0.3 is 6.03 Å². The van der Waals surface area contributed by atoms with Gasteiger partial charge in [-0.15, -0.1) is 0 Å². The van der Waals surface area contributed by atoms with Gasteiger partial charge in [-0.3, -0.25) is 4.79 Å². The average Bonchev–Trinajstić information content (AvgIpc) is 3.54. The summed E-state index contributed by atoms with van der Waals surface area (Å²) in [5, 5.41) is 12.0. The molecule has 0 atom stereocenters. The minimum Gasteiger partial charge on any atom is -0.436 e. The fourth-order valence-corrected chi connectivity index (χ4v) is 3.38. The molecule has 0 fully saturated rings. The van der Waals surface area contributed by atoms with E-state index in [2.05, 4.69) is 26.0 Å². The van der Waals surface area contributed by atoms with Gasteiger partial charge in [0.1, 0.15) is 11.3 Å². The van der Waals surface area contributed by atoms with Crippen LogP contribution in [0.15, 0.2) is 89.6 Å². The third kappa shape index (κ3) is 5.17. The molecule has 3 aromatic carbocycles. The van der Waals surface area contributed by atoms with Crippen molar-refractivity contribution in [3.05, 3.63) is 91.0 Å². The lowest BCUT2D eigenvalue weighted by atomic mass is 10.2. The maximum atomic E-state index is 13.1. The van der Waals surface area contributed by atoms with E-state index in [-0.39, 0.29) is 18.3 Å². The van der Waals surface area contributed by atoms with Crippen LogP contribution in [0.2, 0.25) is 0 Å². The molecule has 0 aliphatic heterocycles. The van der Waals surface area contributed by atoms with Crippen LogP contribution in [0, 0.1) is 5.82 Å². The first-order chi connectivity index (χ1) is 17.0. The molecule has 35 heavy (non-hydrogen) atoms. The zero-order valence-corrected chi connectivity index (χ0v) is 18.2. The number of rotatable bonds is 6. The summed E-state index contributed by atoms with van der Waals surface area (Å²) in [6.45, 7) is -0.216. The molecule has 9 nitrogen and oxygen atoms in total. The summed E-state index contributed by atoms with van der Waals surface area (Å²) < 4.78 is 20.6. The number of benzene rings is 3. The van der Waals surface area contributed by atoms with Crippen LogP contribution in [-0.4, -0.2) is 33.2 Å². The van der Waals surface area contributed by atoms with Crippen LogP contribution in [0.3, 0.4) is 0 Å². The normalized spacial score (nSPS) is 10.8. The molecule has 2 aromatic heterocycles. The summed E-state index contributed by atoms with van der Waals surface area (Å²) in [4.78, 5) is 28.8. The molecular weight excluding hydrogens is 451 g/mol. The first-order valence-electron chi connectivity index (χ1n) is 10.6. The summed E-state index contributed by atoms with van der Waals surface area (Å²) in [7, 11) is 0. The molecule has 5 aromatic rings. The Morgan fingerprint density at radius 1 is 0.943 bits per heavy atom. The van der Waals surface area contributed by atoms with Crippen LogP contribution in [-0.2, 0) is 4.79 Å². The molecule has 0 radical (unpaired) electrons. The minimum atomic E-state index is -0.549. The quantitative estimate of drug-likeness (QED) is 0.336. The number of hydrogen-bond acceptors (Lipinski definition) is 5. The molecule has 174 valence electrons. The Morgan fingerprint density at radius 2 is 1.71 bits per heavy atom. The molecule has 10 heteroatoms.